The highest BCUT2D eigenvalue weighted by Crippen LogP contribution is 2.39. The number of anilines is 2. The quantitative estimate of drug-likeness (QED) is 0.342. The van der Waals surface area contributed by atoms with Crippen molar-refractivity contribution in [3.05, 3.63) is 65.8 Å². The number of rotatable bonds is 8. The van der Waals surface area contributed by atoms with Gasteiger partial charge in [-0.3, -0.25) is 9.62 Å². The SMILES string of the molecule is CC(C)(OC(=O)Nc1ccc2c(c1)N(S(=O)(=O)c1ccc(F)cc1)CC(CNS(=O)(=O)c1cccs1)O2)C(F)(F)F. The summed E-state index contributed by atoms with van der Waals surface area (Å²) in [5, 5.41) is 3.71. The smallest absolute Gasteiger partial charge is 0.427 e. The third-order valence-electron chi connectivity index (χ3n) is 5.83. The number of thiophene rings is 1. The molecule has 1 atom stereocenters. The molecule has 1 unspecified atom stereocenters. The van der Waals surface area contributed by atoms with Gasteiger partial charge in [0.1, 0.15) is 21.9 Å². The number of fused-ring (bicyclic) bond motifs is 1. The van der Waals surface area contributed by atoms with Crippen LogP contribution in [-0.2, 0) is 24.8 Å². The van der Waals surface area contributed by atoms with E-state index in [9.17, 15) is 39.2 Å². The number of hydrogen-bond donors (Lipinski definition) is 2. The zero-order valence-corrected chi connectivity index (χ0v) is 23.8. The summed E-state index contributed by atoms with van der Waals surface area (Å²) in [6.45, 7) is 0.594. The maximum atomic E-state index is 13.6. The van der Waals surface area contributed by atoms with Crippen LogP contribution in [0.5, 0.6) is 5.75 Å². The number of nitrogens with one attached hydrogen (secondary N) is 2. The molecule has 0 radical (unpaired) electrons. The Hall–Kier alpha value is -3.41. The average Bonchev–Trinajstić information content (AvgIpc) is 3.43. The van der Waals surface area contributed by atoms with E-state index >= 15 is 0 Å². The van der Waals surface area contributed by atoms with E-state index in [1.165, 1.54) is 18.2 Å². The minimum absolute atomic E-state index is 0.0307. The zero-order chi connectivity index (χ0) is 30.2. The molecule has 1 aromatic heterocycles. The van der Waals surface area contributed by atoms with Gasteiger partial charge < -0.3 is 9.47 Å². The van der Waals surface area contributed by atoms with Crippen molar-refractivity contribution in [1.82, 2.24) is 4.72 Å². The number of ether oxygens (including phenoxy) is 2. The molecule has 1 aliphatic heterocycles. The van der Waals surface area contributed by atoms with Crippen molar-refractivity contribution in [3.8, 4) is 5.75 Å². The molecular formula is C24H23F4N3O7S3. The Morgan fingerprint density at radius 1 is 1.10 bits per heavy atom. The lowest BCUT2D eigenvalue weighted by Gasteiger charge is -2.35. The van der Waals surface area contributed by atoms with Gasteiger partial charge >= 0.3 is 12.3 Å². The fraction of sp³-hybridized carbons (Fsp3) is 0.292. The van der Waals surface area contributed by atoms with Crippen LogP contribution in [0.4, 0.5) is 33.7 Å². The normalized spacial score (nSPS) is 16.0. The van der Waals surface area contributed by atoms with E-state index in [0.29, 0.717) is 13.8 Å². The van der Waals surface area contributed by atoms with Crippen molar-refractivity contribution in [2.24, 2.45) is 0 Å². The Balaban J connectivity index is 1.64. The third kappa shape index (κ3) is 6.74. The second-order valence-electron chi connectivity index (χ2n) is 9.22. The first-order valence-corrected chi connectivity index (χ1v) is 15.5. The molecule has 17 heteroatoms. The number of sulfonamides is 2. The van der Waals surface area contributed by atoms with Crippen LogP contribution in [0, 0.1) is 5.82 Å². The van der Waals surface area contributed by atoms with E-state index in [1.807, 2.05) is 0 Å². The van der Waals surface area contributed by atoms with E-state index in [4.69, 9.17) is 4.74 Å². The Morgan fingerprint density at radius 3 is 2.39 bits per heavy atom. The predicted molar refractivity (Wildman–Crippen MR) is 142 cm³/mol. The summed E-state index contributed by atoms with van der Waals surface area (Å²) < 4.78 is 119. The standard InChI is InChI=1S/C24H23F4N3O7S3/c1-23(2,24(26,27)28)38-22(32)30-16-7-10-20-19(12-16)31(41(35,36)18-8-5-15(25)6-9-18)14-17(37-20)13-29-40(33,34)21-4-3-11-39-21/h3-12,17,29H,13-14H2,1-2H3,(H,30,32). The number of benzene rings is 2. The second-order valence-corrected chi connectivity index (χ2v) is 14.0. The first-order chi connectivity index (χ1) is 19.0. The number of halogens is 4. The highest BCUT2D eigenvalue weighted by atomic mass is 32.2. The number of amides is 1. The lowest BCUT2D eigenvalue weighted by atomic mass is 10.1. The molecule has 2 heterocycles. The number of carbonyl (C=O) groups is 1. The summed E-state index contributed by atoms with van der Waals surface area (Å²) in [7, 11) is -8.31. The van der Waals surface area contributed by atoms with Gasteiger partial charge in [-0.15, -0.1) is 11.3 Å². The number of nitrogens with zero attached hydrogens (tertiary/aromatic N) is 1. The molecule has 3 aromatic rings. The topological polar surface area (TPSA) is 131 Å². The van der Waals surface area contributed by atoms with Crippen molar-refractivity contribution in [3.63, 3.8) is 0 Å². The molecule has 0 spiro atoms. The summed E-state index contributed by atoms with van der Waals surface area (Å²) in [4.78, 5) is 11.9. The van der Waals surface area contributed by atoms with E-state index in [0.717, 1.165) is 46.0 Å². The van der Waals surface area contributed by atoms with E-state index in [-0.39, 0.29) is 32.8 Å². The molecule has 2 aromatic carbocycles. The molecule has 222 valence electrons. The molecule has 0 fully saturated rings. The van der Waals surface area contributed by atoms with Gasteiger partial charge in [0.05, 0.1) is 17.1 Å². The van der Waals surface area contributed by atoms with Gasteiger partial charge in [0, 0.05) is 12.2 Å². The Labute approximate surface area is 237 Å². The van der Waals surface area contributed by atoms with Crippen LogP contribution >= 0.6 is 11.3 Å². The highest BCUT2D eigenvalue weighted by Gasteiger charge is 2.51. The van der Waals surface area contributed by atoms with Gasteiger partial charge in [-0.05, 0) is 67.8 Å². The molecule has 10 nitrogen and oxygen atoms in total. The summed E-state index contributed by atoms with van der Waals surface area (Å²) in [5.41, 5.74) is -3.04. The van der Waals surface area contributed by atoms with Gasteiger partial charge in [0.2, 0.25) is 15.6 Å². The van der Waals surface area contributed by atoms with Gasteiger partial charge in [0.25, 0.3) is 10.0 Å². The zero-order valence-electron chi connectivity index (χ0n) is 21.3. The van der Waals surface area contributed by atoms with Crippen LogP contribution in [-0.4, -0.2) is 53.9 Å². The number of hydrogen-bond acceptors (Lipinski definition) is 8. The van der Waals surface area contributed by atoms with Crippen LogP contribution in [0.2, 0.25) is 0 Å². The van der Waals surface area contributed by atoms with Crippen molar-refractivity contribution in [1.29, 1.82) is 0 Å². The van der Waals surface area contributed by atoms with Crippen molar-refractivity contribution < 1.29 is 48.7 Å². The fourth-order valence-corrected chi connectivity index (χ4v) is 7.18. The van der Waals surface area contributed by atoms with Crippen LogP contribution in [0.15, 0.2) is 69.1 Å². The minimum atomic E-state index is -4.85. The molecule has 0 aliphatic carbocycles. The molecule has 1 amide bonds. The summed E-state index contributed by atoms with van der Waals surface area (Å²) >= 11 is 0.984. The monoisotopic (exact) mass is 637 g/mol. The largest absolute Gasteiger partial charge is 0.485 e. The van der Waals surface area contributed by atoms with Crippen molar-refractivity contribution >= 4 is 48.9 Å². The maximum Gasteiger partial charge on any atom is 0.427 e. The molecule has 41 heavy (non-hydrogen) atoms. The van der Waals surface area contributed by atoms with Crippen LogP contribution in [0.1, 0.15) is 13.8 Å². The van der Waals surface area contributed by atoms with E-state index in [2.05, 4.69) is 14.8 Å². The number of alkyl halides is 3. The second kappa shape index (κ2) is 11.1. The maximum absolute atomic E-state index is 13.6. The van der Waals surface area contributed by atoms with Gasteiger partial charge in [0.15, 0.2) is 0 Å². The Kier molecular flexibility index (Phi) is 8.28. The van der Waals surface area contributed by atoms with Crippen LogP contribution in [0.3, 0.4) is 0 Å². The molecule has 0 saturated carbocycles. The summed E-state index contributed by atoms with van der Waals surface area (Å²) in [6.07, 6.45) is -7.32. The molecule has 0 saturated heterocycles. The van der Waals surface area contributed by atoms with Crippen molar-refractivity contribution in [2.45, 2.75) is 40.8 Å². The molecule has 1 aliphatic rings. The summed E-state index contributed by atoms with van der Waals surface area (Å²) in [5.74, 6) is -0.712. The third-order valence-corrected chi connectivity index (χ3v) is 10.4. The Morgan fingerprint density at radius 2 is 1.78 bits per heavy atom. The predicted octanol–water partition coefficient (Wildman–Crippen LogP) is 4.71. The lowest BCUT2D eigenvalue weighted by Crippen LogP contribution is -2.48. The molecule has 4 rings (SSSR count). The minimum Gasteiger partial charge on any atom is -0.485 e. The lowest BCUT2D eigenvalue weighted by molar-refractivity contribution is -0.242. The van der Waals surface area contributed by atoms with E-state index in [1.54, 1.807) is 11.4 Å². The van der Waals surface area contributed by atoms with Gasteiger partial charge in [-0.2, -0.15) is 13.2 Å². The first-order valence-electron chi connectivity index (χ1n) is 11.7. The molecule has 0 bridgehead atoms. The fourth-order valence-electron chi connectivity index (χ4n) is 3.58. The summed E-state index contributed by atoms with van der Waals surface area (Å²) in [6, 6.07) is 10.5. The van der Waals surface area contributed by atoms with Gasteiger partial charge in [-0.1, -0.05) is 6.07 Å². The van der Waals surface area contributed by atoms with Gasteiger partial charge in [-0.25, -0.2) is 30.7 Å². The van der Waals surface area contributed by atoms with Crippen molar-refractivity contribution in [2.75, 3.05) is 22.7 Å². The Bertz CT molecular complexity index is 1630. The van der Waals surface area contributed by atoms with E-state index < -0.39 is 56.4 Å². The number of carbonyl (C=O) groups excluding carboxylic acids is 1. The molecule has 2 N–H and O–H groups in total. The highest BCUT2D eigenvalue weighted by molar-refractivity contribution is 7.93. The van der Waals surface area contributed by atoms with Crippen LogP contribution in [0.25, 0.3) is 0 Å². The first kappa shape index (κ1) is 30.5. The molecular weight excluding hydrogens is 614 g/mol. The average molecular weight is 638 g/mol. The van der Waals surface area contributed by atoms with Crippen LogP contribution < -0.4 is 19.1 Å².